The third kappa shape index (κ3) is 2.51. The van der Waals surface area contributed by atoms with Crippen LogP contribution in [0.15, 0.2) is 25.0 Å². The highest BCUT2D eigenvalue weighted by molar-refractivity contribution is 5.83. The number of carbonyl (C=O) groups is 1. The normalized spacial score (nSPS) is 25.6. The van der Waals surface area contributed by atoms with Crippen LogP contribution in [0.4, 0.5) is 0 Å². The van der Waals surface area contributed by atoms with Crippen LogP contribution in [0.2, 0.25) is 0 Å². The lowest BCUT2D eigenvalue weighted by atomic mass is 10.1. The molecule has 0 aliphatic heterocycles. The van der Waals surface area contributed by atoms with Crippen LogP contribution in [-0.2, 0) is 11.8 Å². The molecule has 0 N–H and O–H groups in total. The van der Waals surface area contributed by atoms with Gasteiger partial charge >= 0.3 is 0 Å². The second-order valence-electron chi connectivity index (χ2n) is 6.11. The molecule has 2 aliphatic carbocycles. The second kappa shape index (κ2) is 5.43. The van der Waals surface area contributed by atoms with Crippen molar-refractivity contribution in [3.63, 3.8) is 0 Å². The number of amides is 1. The molecular formula is C16H23N3O. The molecule has 0 saturated heterocycles. The maximum Gasteiger partial charge on any atom is 0.226 e. The highest BCUT2D eigenvalue weighted by Gasteiger charge is 2.47. The average molecular weight is 273 g/mol. The van der Waals surface area contributed by atoms with Crippen LogP contribution < -0.4 is 0 Å². The molecule has 4 nitrogen and oxygen atoms in total. The standard InChI is InChI=1S/C16H23N3O/c1-3-8-19(13-6-4-5-7-13)16(20)15-9-14(15)12-10-17-18(2)11-12/h3,10-11,13-15H,1,4-9H2,2H3/t14-,15+/m1/s1. The third-order valence-electron chi connectivity index (χ3n) is 4.63. The van der Waals surface area contributed by atoms with Crippen LogP contribution in [0.1, 0.15) is 43.6 Å². The summed E-state index contributed by atoms with van der Waals surface area (Å²) >= 11 is 0. The summed E-state index contributed by atoms with van der Waals surface area (Å²) in [5.41, 5.74) is 1.20. The zero-order chi connectivity index (χ0) is 14.1. The first-order valence-electron chi connectivity index (χ1n) is 7.60. The summed E-state index contributed by atoms with van der Waals surface area (Å²) in [6, 6.07) is 0.440. The lowest BCUT2D eigenvalue weighted by Crippen LogP contribution is -2.40. The van der Waals surface area contributed by atoms with E-state index in [1.54, 1.807) is 0 Å². The summed E-state index contributed by atoms with van der Waals surface area (Å²) in [4.78, 5) is 14.8. The van der Waals surface area contributed by atoms with Gasteiger partial charge < -0.3 is 4.90 Å². The van der Waals surface area contributed by atoms with Crippen LogP contribution in [0.3, 0.4) is 0 Å². The average Bonchev–Trinajstić information content (AvgIpc) is 2.85. The van der Waals surface area contributed by atoms with E-state index in [0.717, 1.165) is 19.3 Å². The highest BCUT2D eigenvalue weighted by Crippen LogP contribution is 2.48. The van der Waals surface area contributed by atoms with Gasteiger partial charge in [-0.25, -0.2) is 0 Å². The zero-order valence-electron chi connectivity index (χ0n) is 12.2. The Labute approximate surface area is 120 Å². The predicted octanol–water partition coefficient (Wildman–Crippen LogP) is 2.48. The molecule has 0 bridgehead atoms. The van der Waals surface area contributed by atoms with Crippen LogP contribution in [-0.4, -0.2) is 33.2 Å². The Morgan fingerprint density at radius 3 is 2.90 bits per heavy atom. The van der Waals surface area contributed by atoms with Gasteiger partial charge in [0.2, 0.25) is 5.91 Å². The van der Waals surface area contributed by atoms with E-state index in [1.165, 1.54) is 18.4 Å². The molecule has 0 radical (unpaired) electrons. The Morgan fingerprint density at radius 2 is 2.30 bits per heavy atom. The van der Waals surface area contributed by atoms with Gasteiger partial charge in [0.1, 0.15) is 0 Å². The van der Waals surface area contributed by atoms with Crippen molar-refractivity contribution in [3.8, 4) is 0 Å². The monoisotopic (exact) mass is 273 g/mol. The quantitative estimate of drug-likeness (QED) is 0.773. The van der Waals surface area contributed by atoms with Gasteiger partial charge in [0.25, 0.3) is 0 Å². The fraction of sp³-hybridized carbons (Fsp3) is 0.625. The van der Waals surface area contributed by atoms with Crippen molar-refractivity contribution in [3.05, 3.63) is 30.6 Å². The number of aromatic nitrogens is 2. The molecule has 1 heterocycles. The van der Waals surface area contributed by atoms with E-state index in [-0.39, 0.29) is 5.92 Å². The van der Waals surface area contributed by atoms with Crippen molar-refractivity contribution in [2.24, 2.45) is 13.0 Å². The Morgan fingerprint density at radius 1 is 1.55 bits per heavy atom. The number of rotatable bonds is 5. The molecule has 4 heteroatoms. The third-order valence-corrected chi connectivity index (χ3v) is 4.63. The van der Waals surface area contributed by atoms with Gasteiger partial charge in [-0.05, 0) is 30.7 Å². The number of aryl methyl sites for hydroxylation is 1. The van der Waals surface area contributed by atoms with E-state index >= 15 is 0 Å². The van der Waals surface area contributed by atoms with Crippen molar-refractivity contribution >= 4 is 5.91 Å². The molecule has 2 fully saturated rings. The first-order chi connectivity index (χ1) is 9.70. The minimum absolute atomic E-state index is 0.166. The van der Waals surface area contributed by atoms with Gasteiger partial charge in [-0.1, -0.05) is 18.9 Å². The smallest absolute Gasteiger partial charge is 0.226 e. The first kappa shape index (κ1) is 13.4. The highest BCUT2D eigenvalue weighted by atomic mass is 16.2. The van der Waals surface area contributed by atoms with E-state index < -0.39 is 0 Å². The van der Waals surface area contributed by atoms with Gasteiger partial charge in [0, 0.05) is 31.7 Å². The predicted molar refractivity (Wildman–Crippen MR) is 78.2 cm³/mol. The van der Waals surface area contributed by atoms with Gasteiger partial charge in [-0.2, -0.15) is 5.10 Å². The summed E-state index contributed by atoms with van der Waals surface area (Å²) in [6.45, 7) is 4.50. The topological polar surface area (TPSA) is 38.1 Å². The van der Waals surface area contributed by atoms with Gasteiger partial charge in [-0.15, -0.1) is 6.58 Å². The SMILES string of the molecule is C=CCN(C(=O)[C@H]1C[C@@H]1c1cnn(C)c1)C1CCCC1. The minimum atomic E-state index is 0.166. The first-order valence-corrected chi connectivity index (χ1v) is 7.60. The Hall–Kier alpha value is -1.58. The van der Waals surface area contributed by atoms with Crippen LogP contribution >= 0.6 is 0 Å². The molecule has 108 valence electrons. The van der Waals surface area contributed by atoms with Crippen LogP contribution in [0.5, 0.6) is 0 Å². The molecule has 2 saturated carbocycles. The van der Waals surface area contributed by atoms with Crippen molar-refractivity contribution in [1.82, 2.24) is 14.7 Å². The molecule has 0 spiro atoms. The maximum atomic E-state index is 12.7. The lowest BCUT2D eigenvalue weighted by Gasteiger charge is -2.28. The molecule has 3 rings (SSSR count). The van der Waals surface area contributed by atoms with Crippen molar-refractivity contribution in [1.29, 1.82) is 0 Å². The molecular weight excluding hydrogens is 250 g/mol. The van der Waals surface area contributed by atoms with Crippen molar-refractivity contribution in [2.75, 3.05) is 6.54 Å². The van der Waals surface area contributed by atoms with Gasteiger partial charge in [0.05, 0.1) is 6.20 Å². The summed E-state index contributed by atoms with van der Waals surface area (Å²) < 4.78 is 1.81. The maximum absolute atomic E-state index is 12.7. The van der Waals surface area contributed by atoms with Gasteiger partial charge in [0.15, 0.2) is 0 Å². The number of hydrogen-bond donors (Lipinski definition) is 0. The Balaban J connectivity index is 1.66. The van der Waals surface area contributed by atoms with Crippen LogP contribution in [0, 0.1) is 5.92 Å². The van der Waals surface area contributed by atoms with E-state index in [1.807, 2.05) is 30.2 Å². The summed E-state index contributed by atoms with van der Waals surface area (Å²) in [5, 5.41) is 4.21. The minimum Gasteiger partial charge on any atom is -0.336 e. The van der Waals surface area contributed by atoms with E-state index in [0.29, 0.717) is 24.4 Å². The molecule has 1 aromatic heterocycles. The number of hydrogen-bond acceptors (Lipinski definition) is 2. The molecule has 2 aliphatic rings. The van der Waals surface area contributed by atoms with E-state index in [4.69, 9.17) is 0 Å². The van der Waals surface area contributed by atoms with Crippen LogP contribution in [0.25, 0.3) is 0 Å². The number of nitrogens with zero attached hydrogens (tertiary/aromatic N) is 3. The van der Waals surface area contributed by atoms with E-state index in [9.17, 15) is 4.79 Å². The van der Waals surface area contributed by atoms with Crippen molar-refractivity contribution in [2.45, 2.75) is 44.1 Å². The van der Waals surface area contributed by atoms with Gasteiger partial charge in [-0.3, -0.25) is 9.48 Å². The Bertz CT molecular complexity index is 502. The van der Waals surface area contributed by atoms with Crippen molar-refractivity contribution < 1.29 is 4.79 Å². The molecule has 20 heavy (non-hydrogen) atoms. The molecule has 1 amide bonds. The summed E-state index contributed by atoms with van der Waals surface area (Å²) in [7, 11) is 1.92. The molecule has 0 unspecified atom stereocenters. The Kier molecular flexibility index (Phi) is 3.64. The van der Waals surface area contributed by atoms with E-state index in [2.05, 4.69) is 16.6 Å². The zero-order valence-corrected chi connectivity index (χ0v) is 12.2. The molecule has 2 atom stereocenters. The summed E-state index contributed by atoms with van der Waals surface area (Å²) in [6.07, 6.45) is 11.6. The fourth-order valence-corrected chi connectivity index (χ4v) is 3.45. The molecule has 1 aromatic rings. The summed E-state index contributed by atoms with van der Waals surface area (Å²) in [5.74, 6) is 0.871. The molecule has 0 aromatic carbocycles. The second-order valence-corrected chi connectivity index (χ2v) is 6.11. The fourth-order valence-electron chi connectivity index (χ4n) is 3.45. The number of carbonyl (C=O) groups excluding carboxylic acids is 1. The lowest BCUT2D eigenvalue weighted by molar-refractivity contribution is -0.134. The largest absolute Gasteiger partial charge is 0.336 e.